The predicted octanol–water partition coefficient (Wildman–Crippen LogP) is 4.63. The summed E-state index contributed by atoms with van der Waals surface area (Å²) in [6.07, 6.45) is 2.29. The Labute approximate surface area is 127 Å². The van der Waals surface area contributed by atoms with E-state index in [9.17, 15) is 0 Å². The van der Waals surface area contributed by atoms with Crippen molar-refractivity contribution in [2.24, 2.45) is 10.4 Å². The molecule has 1 N–H and O–H groups in total. The summed E-state index contributed by atoms with van der Waals surface area (Å²) in [6, 6.07) is 11.0. The van der Waals surface area contributed by atoms with Gasteiger partial charge < -0.3 is 5.32 Å². The Morgan fingerprint density at radius 1 is 1.30 bits per heavy atom. The molecular formula is C17H26N2S. The third-order valence-electron chi connectivity index (χ3n) is 3.46. The Morgan fingerprint density at radius 2 is 2.00 bits per heavy atom. The van der Waals surface area contributed by atoms with Crippen molar-refractivity contribution in [1.29, 1.82) is 0 Å². The summed E-state index contributed by atoms with van der Waals surface area (Å²) in [5, 5.41) is 5.36. The first-order chi connectivity index (χ1) is 9.48. The molecule has 0 aromatic heterocycles. The molecule has 2 rings (SSSR count). The van der Waals surface area contributed by atoms with E-state index in [0.29, 0.717) is 16.7 Å². The monoisotopic (exact) mass is 290 g/mol. The zero-order valence-electron chi connectivity index (χ0n) is 13.0. The molecule has 0 saturated heterocycles. The number of nitrogens with one attached hydrogen (secondary N) is 1. The van der Waals surface area contributed by atoms with Gasteiger partial charge in [0.15, 0.2) is 5.17 Å². The SMILES string of the molecule is CCC(NC1=NCC(CC(C)(C)C)S1)c1ccccc1. The van der Waals surface area contributed by atoms with Gasteiger partial charge in [-0.3, -0.25) is 4.99 Å². The van der Waals surface area contributed by atoms with Crippen molar-refractivity contribution in [3.8, 4) is 0 Å². The van der Waals surface area contributed by atoms with Crippen molar-refractivity contribution in [1.82, 2.24) is 5.32 Å². The van der Waals surface area contributed by atoms with Gasteiger partial charge in [-0.1, -0.05) is 69.8 Å². The third-order valence-corrected chi connectivity index (χ3v) is 4.58. The second-order valence-corrected chi connectivity index (χ2v) is 7.96. The quantitative estimate of drug-likeness (QED) is 0.874. The molecule has 20 heavy (non-hydrogen) atoms. The van der Waals surface area contributed by atoms with Crippen LogP contribution >= 0.6 is 11.8 Å². The van der Waals surface area contributed by atoms with Crippen LogP contribution in [0.25, 0.3) is 0 Å². The Hall–Kier alpha value is -0.960. The van der Waals surface area contributed by atoms with Gasteiger partial charge >= 0.3 is 0 Å². The summed E-state index contributed by atoms with van der Waals surface area (Å²) in [6.45, 7) is 10.1. The molecule has 2 unspecified atom stereocenters. The minimum Gasteiger partial charge on any atom is -0.358 e. The average Bonchev–Trinajstić information content (AvgIpc) is 2.82. The Morgan fingerprint density at radius 3 is 2.60 bits per heavy atom. The molecule has 1 heterocycles. The van der Waals surface area contributed by atoms with Crippen LogP contribution in [0.15, 0.2) is 35.3 Å². The fourth-order valence-corrected chi connectivity index (χ4v) is 3.95. The molecule has 1 aliphatic rings. The highest BCUT2D eigenvalue weighted by molar-refractivity contribution is 8.14. The molecule has 0 spiro atoms. The highest BCUT2D eigenvalue weighted by Crippen LogP contribution is 2.32. The van der Waals surface area contributed by atoms with Crippen LogP contribution in [-0.2, 0) is 0 Å². The summed E-state index contributed by atoms with van der Waals surface area (Å²) in [5.74, 6) is 0. The summed E-state index contributed by atoms with van der Waals surface area (Å²) >= 11 is 1.91. The summed E-state index contributed by atoms with van der Waals surface area (Å²) in [4.78, 5) is 4.68. The largest absolute Gasteiger partial charge is 0.358 e. The molecule has 1 aromatic carbocycles. The van der Waals surface area contributed by atoms with Crippen molar-refractivity contribution in [3.05, 3.63) is 35.9 Å². The number of benzene rings is 1. The van der Waals surface area contributed by atoms with Crippen LogP contribution in [0.4, 0.5) is 0 Å². The first kappa shape index (κ1) is 15.4. The van der Waals surface area contributed by atoms with Crippen molar-refractivity contribution in [2.75, 3.05) is 6.54 Å². The predicted molar refractivity (Wildman–Crippen MR) is 90.4 cm³/mol. The lowest BCUT2D eigenvalue weighted by molar-refractivity contribution is 0.375. The minimum atomic E-state index is 0.371. The van der Waals surface area contributed by atoms with Gasteiger partial charge in [-0.15, -0.1) is 0 Å². The molecule has 2 nitrogen and oxygen atoms in total. The first-order valence-corrected chi connectivity index (χ1v) is 8.38. The molecular weight excluding hydrogens is 264 g/mol. The van der Waals surface area contributed by atoms with Crippen LogP contribution in [0.3, 0.4) is 0 Å². The van der Waals surface area contributed by atoms with E-state index in [1.807, 2.05) is 11.8 Å². The lowest BCUT2D eigenvalue weighted by atomic mass is 9.90. The van der Waals surface area contributed by atoms with Crippen LogP contribution in [0.2, 0.25) is 0 Å². The molecule has 0 saturated carbocycles. The second-order valence-electron chi connectivity index (χ2n) is 6.67. The number of aliphatic imine (C=N–C) groups is 1. The highest BCUT2D eigenvalue weighted by atomic mass is 32.2. The van der Waals surface area contributed by atoms with Crippen LogP contribution in [0.1, 0.15) is 52.1 Å². The van der Waals surface area contributed by atoms with Crippen molar-refractivity contribution >= 4 is 16.9 Å². The topological polar surface area (TPSA) is 24.4 Å². The van der Waals surface area contributed by atoms with Gasteiger partial charge in [0.25, 0.3) is 0 Å². The molecule has 0 fully saturated rings. The van der Waals surface area contributed by atoms with Gasteiger partial charge in [-0.05, 0) is 23.8 Å². The third kappa shape index (κ3) is 4.55. The fraction of sp³-hybridized carbons (Fsp3) is 0.588. The Kier molecular flexibility index (Phi) is 5.14. The number of hydrogen-bond acceptors (Lipinski definition) is 3. The average molecular weight is 290 g/mol. The molecule has 3 heteroatoms. The lowest BCUT2D eigenvalue weighted by Crippen LogP contribution is -2.25. The minimum absolute atomic E-state index is 0.371. The maximum atomic E-state index is 4.68. The van der Waals surface area contributed by atoms with E-state index < -0.39 is 0 Å². The molecule has 0 bridgehead atoms. The summed E-state index contributed by atoms with van der Waals surface area (Å²) in [5.41, 5.74) is 1.73. The number of rotatable bonds is 4. The molecule has 1 aliphatic heterocycles. The van der Waals surface area contributed by atoms with E-state index in [-0.39, 0.29) is 0 Å². The maximum absolute atomic E-state index is 4.68. The van der Waals surface area contributed by atoms with Crippen molar-refractivity contribution in [2.45, 2.75) is 51.8 Å². The molecule has 0 radical (unpaired) electrons. The summed E-state index contributed by atoms with van der Waals surface area (Å²) in [7, 11) is 0. The first-order valence-electron chi connectivity index (χ1n) is 7.50. The van der Waals surface area contributed by atoms with Crippen LogP contribution in [0, 0.1) is 5.41 Å². The van der Waals surface area contributed by atoms with Crippen LogP contribution in [0.5, 0.6) is 0 Å². The van der Waals surface area contributed by atoms with Crippen molar-refractivity contribution in [3.63, 3.8) is 0 Å². The van der Waals surface area contributed by atoms with E-state index in [0.717, 1.165) is 18.1 Å². The maximum Gasteiger partial charge on any atom is 0.157 e. The van der Waals surface area contributed by atoms with E-state index in [1.54, 1.807) is 0 Å². The van der Waals surface area contributed by atoms with Gasteiger partial charge in [0.05, 0.1) is 12.6 Å². The van der Waals surface area contributed by atoms with E-state index in [1.165, 1.54) is 12.0 Å². The zero-order valence-corrected chi connectivity index (χ0v) is 13.8. The second kappa shape index (κ2) is 6.66. The smallest absolute Gasteiger partial charge is 0.157 e. The standard InChI is InChI=1S/C17H26N2S/c1-5-15(13-9-7-6-8-10-13)19-16-18-12-14(20-16)11-17(2,3)4/h6-10,14-15H,5,11-12H2,1-4H3,(H,18,19). The molecule has 110 valence electrons. The van der Waals surface area contributed by atoms with Gasteiger partial charge in [0, 0.05) is 5.25 Å². The van der Waals surface area contributed by atoms with Crippen LogP contribution in [-0.4, -0.2) is 17.0 Å². The van der Waals surface area contributed by atoms with E-state index >= 15 is 0 Å². The van der Waals surface area contributed by atoms with Crippen LogP contribution < -0.4 is 5.32 Å². The number of hydrogen-bond donors (Lipinski definition) is 1. The van der Waals surface area contributed by atoms with Gasteiger partial charge in [0.2, 0.25) is 0 Å². The number of amidine groups is 1. The lowest BCUT2D eigenvalue weighted by Gasteiger charge is -2.22. The van der Waals surface area contributed by atoms with Crippen molar-refractivity contribution < 1.29 is 0 Å². The number of nitrogens with zero attached hydrogens (tertiary/aromatic N) is 1. The molecule has 2 atom stereocenters. The van der Waals surface area contributed by atoms with Gasteiger partial charge in [-0.2, -0.15) is 0 Å². The van der Waals surface area contributed by atoms with Gasteiger partial charge in [-0.25, -0.2) is 0 Å². The highest BCUT2D eigenvalue weighted by Gasteiger charge is 2.26. The van der Waals surface area contributed by atoms with E-state index in [4.69, 9.17) is 0 Å². The fourth-order valence-electron chi connectivity index (χ4n) is 2.54. The number of thioether (sulfide) groups is 1. The molecule has 1 aromatic rings. The normalized spacial score (nSPS) is 20.6. The summed E-state index contributed by atoms with van der Waals surface area (Å²) < 4.78 is 0. The Balaban J connectivity index is 1.91. The molecule has 0 amide bonds. The van der Waals surface area contributed by atoms with E-state index in [2.05, 4.69) is 68.3 Å². The molecule has 0 aliphatic carbocycles. The van der Waals surface area contributed by atoms with Gasteiger partial charge in [0.1, 0.15) is 0 Å². The zero-order chi connectivity index (χ0) is 14.6. The Bertz CT molecular complexity index is 448.